The minimum atomic E-state index is -2.44. The van der Waals surface area contributed by atoms with E-state index in [-0.39, 0.29) is 35.8 Å². The Kier molecular flexibility index (Phi) is 5.54. The Hall–Kier alpha value is -3.04. The summed E-state index contributed by atoms with van der Waals surface area (Å²) in [6.45, 7) is -0.342. The van der Waals surface area contributed by atoms with Crippen molar-refractivity contribution in [3.63, 3.8) is 0 Å². The number of nitrogens with zero attached hydrogens (tertiary/aromatic N) is 1. The van der Waals surface area contributed by atoms with Crippen molar-refractivity contribution in [2.24, 2.45) is 5.73 Å². The number of amides is 3. The summed E-state index contributed by atoms with van der Waals surface area (Å²) < 4.78 is 27.6. The Labute approximate surface area is 169 Å². The van der Waals surface area contributed by atoms with Gasteiger partial charge in [-0.1, -0.05) is 11.6 Å². The van der Waals surface area contributed by atoms with E-state index in [0.29, 0.717) is 5.56 Å². The number of hydrogen-bond donors (Lipinski definition) is 3. The molecule has 29 heavy (non-hydrogen) atoms. The Bertz CT molecular complexity index is 997. The zero-order valence-corrected chi connectivity index (χ0v) is 15.7. The van der Waals surface area contributed by atoms with Gasteiger partial charge in [0.1, 0.15) is 11.6 Å². The van der Waals surface area contributed by atoms with Gasteiger partial charge in [0.15, 0.2) is 0 Å². The Morgan fingerprint density at radius 3 is 2.62 bits per heavy atom. The number of aliphatic hydroxyl groups is 1. The lowest BCUT2D eigenvalue weighted by atomic mass is 10.0. The molecule has 0 aliphatic carbocycles. The highest BCUT2D eigenvalue weighted by Gasteiger charge is 2.52. The van der Waals surface area contributed by atoms with E-state index in [2.05, 4.69) is 5.32 Å². The highest BCUT2D eigenvalue weighted by molar-refractivity contribution is 6.30. The molecule has 0 spiro atoms. The lowest BCUT2D eigenvalue weighted by Crippen LogP contribution is -2.52. The van der Waals surface area contributed by atoms with Crippen LogP contribution < -0.4 is 16.0 Å². The summed E-state index contributed by atoms with van der Waals surface area (Å²) in [5, 5.41) is 13.1. The van der Waals surface area contributed by atoms with Gasteiger partial charge in [-0.25, -0.2) is 8.78 Å². The van der Waals surface area contributed by atoms with Gasteiger partial charge in [0, 0.05) is 30.1 Å². The van der Waals surface area contributed by atoms with Crippen molar-refractivity contribution >= 4 is 35.0 Å². The molecule has 1 aliphatic rings. The van der Waals surface area contributed by atoms with Gasteiger partial charge in [-0.05, 0) is 42.0 Å². The number of primary amides is 1. The maximum absolute atomic E-state index is 14.2. The van der Waals surface area contributed by atoms with Crippen molar-refractivity contribution in [2.45, 2.75) is 18.6 Å². The number of anilines is 1. The van der Waals surface area contributed by atoms with Gasteiger partial charge >= 0.3 is 0 Å². The third-order valence-corrected chi connectivity index (χ3v) is 4.79. The van der Waals surface area contributed by atoms with Crippen LogP contribution in [0.4, 0.5) is 14.5 Å². The van der Waals surface area contributed by atoms with Gasteiger partial charge in [0.2, 0.25) is 11.5 Å². The fraction of sp³-hybridized carbons (Fsp3) is 0.211. The van der Waals surface area contributed by atoms with Crippen LogP contribution in [0.15, 0.2) is 36.4 Å². The van der Waals surface area contributed by atoms with E-state index in [1.165, 1.54) is 6.07 Å². The molecule has 10 heteroatoms. The second kappa shape index (κ2) is 7.76. The van der Waals surface area contributed by atoms with Crippen LogP contribution in [0.25, 0.3) is 0 Å². The summed E-state index contributed by atoms with van der Waals surface area (Å²) in [5.41, 5.74) is 2.76. The standard InChI is InChI=1S/C19H16ClF2N3O4/c20-12-5-10(6-13(21)8-12)9-24-17(27)19(29)3-4-25(18(19)28)15-7-11(16(23)26)1-2-14(15)22/h1-2,5-8,29H,3-4,9H2,(H2,23,26)(H,24,27). The molecule has 0 saturated carbocycles. The summed E-state index contributed by atoms with van der Waals surface area (Å²) >= 11 is 5.75. The lowest BCUT2D eigenvalue weighted by molar-refractivity contribution is -0.149. The molecule has 1 fully saturated rings. The monoisotopic (exact) mass is 423 g/mol. The number of benzene rings is 2. The minimum Gasteiger partial charge on any atom is -0.372 e. The summed E-state index contributed by atoms with van der Waals surface area (Å²) in [6, 6.07) is 6.85. The molecule has 1 saturated heterocycles. The second-order valence-corrected chi connectivity index (χ2v) is 6.99. The maximum atomic E-state index is 14.2. The molecule has 2 aromatic carbocycles. The molecule has 1 heterocycles. The summed E-state index contributed by atoms with van der Waals surface area (Å²) in [7, 11) is 0. The smallest absolute Gasteiger partial charge is 0.268 e. The number of carbonyl (C=O) groups is 3. The van der Waals surface area contributed by atoms with Gasteiger partial charge in [0.25, 0.3) is 11.8 Å². The summed E-state index contributed by atoms with van der Waals surface area (Å²) in [5.74, 6) is -4.31. The average Bonchev–Trinajstić information content (AvgIpc) is 2.95. The molecule has 1 aliphatic heterocycles. The van der Waals surface area contributed by atoms with Crippen LogP contribution >= 0.6 is 11.6 Å². The second-order valence-electron chi connectivity index (χ2n) is 6.56. The third-order valence-electron chi connectivity index (χ3n) is 4.57. The van der Waals surface area contributed by atoms with E-state index < -0.39 is 35.0 Å². The topological polar surface area (TPSA) is 113 Å². The highest BCUT2D eigenvalue weighted by Crippen LogP contribution is 2.31. The lowest BCUT2D eigenvalue weighted by Gasteiger charge is -2.22. The van der Waals surface area contributed by atoms with E-state index in [1.54, 1.807) is 0 Å². The molecule has 0 aromatic heterocycles. The number of nitrogens with two attached hydrogens (primary N) is 1. The Balaban J connectivity index is 1.77. The fourth-order valence-corrected chi connectivity index (χ4v) is 3.30. The van der Waals surface area contributed by atoms with E-state index in [0.717, 1.165) is 35.2 Å². The van der Waals surface area contributed by atoms with Gasteiger partial charge in [0.05, 0.1) is 5.69 Å². The van der Waals surface area contributed by atoms with E-state index >= 15 is 0 Å². The van der Waals surface area contributed by atoms with Crippen molar-refractivity contribution in [3.05, 3.63) is 64.2 Å². The normalized spacial score (nSPS) is 18.8. The van der Waals surface area contributed by atoms with Crippen LogP contribution in [0, 0.1) is 11.6 Å². The molecule has 1 unspecified atom stereocenters. The van der Waals surface area contributed by atoms with Crippen LogP contribution in [0.5, 0.6) is 0 Å². The largest absolute Gasteiger partial charge is 0.372 e. The number of rotatable bonds is 5. The quantitative estimate of drug-likeness (QED) is 0.632. The van der Waals surface area contributed by atoms with Crippen LogP contribution in [0.1, 0.15) is 22.3 Å². The van der Waals surface area contributed by atoms with Gasteiger partial charge < -0.3 is 21.1 Å². The van der Waals surface area contributed by atoms with Gasteiger partial charge in [-0.3, -0.25) is 14.4 Å². The maximum Gasteiger partial charge on any atom is 0.268 e. The molecule has 0 radical (unpaired) electrons. The van der Waals surface area contributed by atoms with Gasteiger partial charge in [-0.15, -0.1) is 0 Å². The first-order valence-electron chi connectivity index (χ1n) is 8.49. The van der Waals surface area contributed by atoms with Crippen molar-refractivity contribution < 1.29 is 28.3 Å². The molecule has 3 rings (SSSR count). The average molecular weight is 424 g/mol. The van der Waals surface area contributed by atoms with Gasteiger partial charge in [-0.2, -0.15) is 0 Å². The van der Waals surface area contributed by atoms with Crippen molar-refractivity contribution in [1.82, 2.24) is 5.32 Å². The first kappa shape index (κ1) is 20.7. The molecule has 7 nitrogen and oxygen atoms in total. The molecular weight excluding hydrogens is 408 g/mol. The van der Waals surface area contributed by atoms with Crippen LogP contribution in [0.3, 0.4) is 0 Å². The van der Waals surface area contributed by atoms with Crippen molar-refractivity contribution in [3.8, 4) is 0 Å². The third kappa shape index (κ3) is 4.06. The van der Waals surface area contributed by atoms with Crippen LogP contribution in [-0.4, -0.2) is 35.0 Å². The molecular formula is C19H16ClF2N3O4. The molecule has 152 valence electrons. The zero-order valence-electron chi connectivity index (χ0n) is 14.9. The zero-order chi connectivity index (χ0) is 21.3. The summed E-state index contributed by atoms with van der Waals surface area (Å²) in [4.78, 5) is 37.3. The number of carbonyl (C=O) groups excluding carboxylic acids is 3. The van der Waals surface area contributed by atoms with Crippen molar-refractivity contribution in [2.75, 3.05) is 11.4 Å². The first-order chi connectivity index (χ1) is 13.6. The number of nitrogens with one attached hydrogen (secondary N) is 1. The Morgan fingerprint density at radius 2 is 1.97 bits per heavy atom. The predicted octanol–water partition coefficient (Wildman–Crippen LogP) is 1.50. The molecule has 2 aromatic rings. The number of hydrogen-bond acceptors (Lipinski definition) is 4. The van der Waals surface area contributed by atoms with E-state index in [1.807, 2.05) is 0 Å². The Morgan fingerprint density at radius 1 is 1.24 bits per heavy atom. The van der Waals surface area contributed by atoms with Crippen LogP contribution in [0.2, 0.25) is 5.02 Å². The van der Waals surface area contributed by atoms with Crippen LogP contribution in [-0.2, 0) is 16.1 Å². The molecule has 1 atom stereocenters. The molecule has 4 N–H and O–H groups in total. The fourth-order valence-electron chi connectivity index (χ4n) is 3.06. The minimum absolute atomic E-state index is 0.0305. The molecule has 0 bridgehead atoms. The van der Waals surface area contributed by atoms with Crippen molar-refractivity contribution in [1.29, 1.82) is 0 Å². The van der Waals surface area contributed by atoms with E-state index in [9.17, 15) is 28.3 Å². The highest BCUT2D eigenvalue weighted by atomic mass is 35.5. The SMILES string of the molecule is NC(=O)c1ccc(F)c(N2CCC(O)(C(=O)NCc3cc(F)cc(Cl)c3)C2=O)c1. The predicted molar refractivity (Wildman–Crippen MR) is 100 cm³/mol. The molecule has 3 amide bonds. The first-order valence-corrected chi connectivity index (χ1v) is 8.86. The van der Waals surface area contributed by atoms with E-state index in [4.69, 9.17) is 17.3 Å². The number of halogens is 3. The summed E-state index contributed by atoms with van der Waals surface area (Å²) in [6.07, 6.45) is -0.304.